The van der Waals surface area contributed by atoms with Crippen LogP contribution in [-0.2, 0) is 16.1 Å². The number of fused-ring (bicyclic) bond motifs is 1. The molecule has 0 saturated carbocycles. The predicted molar refractivity (Wildman–Crippen MR) is 91.9 cm³/mol. The molecule has 0 radical (unpaired) electrons. The number of hydrogen-bond donors (Lipinski definition) is 1. The Morgan fingerprint density at radius 3 is 2.60 bits per heavy atom. The highest BCUT2D eigenvalue weighted by molar-refractivity contribution is 6.16. The maximum absolute atomic E-state index is 12.9. The normalized spacial score (nSPS) is 19.2. The van der Waals surface area contributed by atoms with Crippen molar-refractivity contribution >= 4 is 17.5 Å². The smallest absolute Gasteiger partial charge is 0.280 e. The van der Waals surface area contributed by atoms with E-state index < -0.39 is 17.4 Å². The number of ether oxygens (including phenoxy) is 1. The van der Waals surface area contributed by atoms with Crippen molar-refractivity contribution in [2.24, 2.45) is 0 Å². The molecule has 5 nitrogen and oxygen atoms in total. The van der Waals surface area contributed by atoms with Gasteiger partial charge in [0.15, 0.2) is 0 Å². The largest absolute Gasteiger partial charge is 0.466 e. The molecule has 1 heterocycles. The number of nitrogens with one attached hydrogen (secondary N) is 1. The maximum Gasteiger partial charge on any atom is 0.280 e. The van der Waals surface area contributed by atoms with E-state index >= 15 is 0 Å². The summed E-state index contributed by atoms with van der Waals surface area (Å²) in [7, 11) is 1.62. The summed E-state index contributed by atoms with van der Waals surface area (Å²) in [6.07, 6.45) is 0. The minimum Gasteiger partial charge on any atom is -0.466 e. The number of anilines is 1. The van der Waals surface area contributed by atoms with Crippen LogP contribution in [0.4, 0.5) is 10.1 Å². The van der Waals surface area contributed by atoms with Crippen LogP contribution in [0.2, 0.25) is 0 Å². The fraction of sp³-hybridized carbons (Fsp3) is 0.263. The minimum absolute atomic E-state index is 0.176. The van der Waals surface area contributed by atoms with Gasteiger partial charge in [0.2, 0.25) is 0 Å². The predicted octanol–water partition coefficient (Wildman–Crippen LogP) is 2.56. The summed E-state index contributed by atoms with van der Waals surface area (Å²) in [6, 6.07) is 11.2. The highest BCUT2D eigenvalue weighted by Gasteiger charge is 2.49. The summed E-state index contributed by atoms with van der Waals surface area (Å²) in [6.45, 7) is 3.55. The van der Waals surface area contributed by atoms with Crippen molar-refractivity contribution in [2.75, 3.05) is 11.9 Å². The molecule has 2 aromatic carbocycles. The number of amides is 2. The second-order valence-corrected chi connectivity index (χ2v) is 6.28. The molecule has 0 aromatic heterocycles. The average molecular weight is 342 g/mol. The van der Waals surface area contributed by atoms with Crippen molar-refractivity contribution in [3.63, 3.8) is 0 Å². The number of carbonyl (C=O) groups is 2. The first kappa shape index (κ1) is 17.0. The third kappa shape index (κ3) is 3.07. The van der Waals surface area contributed by atoms with E-state index in [1.165, 1.54) is 24.0 Å². The van der Waals surface area contributed by atoms with E-state index in [0.717, 1.165) is 11.1 Å². The first-order valence-corrected chi connectivity index (χ1v) is 7.92. The number of likely N-dealkylation sites (N-methyl/N-ethyl adjacent to an activating group) is 1. The maximum atomic E-state index is 12.9. The number of nitrogens with zero attached hydrogens (tertiary/aromatic N) is 1. The van der Waals surface area contributed by atoms with E-state index in [1.54, 1.807) is 25.2 Å². The van der Waals surface area contributed by atoms with Gasteiger partial charge in [-0.15, -0.1) is 0 Å². The molecule has 3 rings (SSSR count). The Kier molecular flexibility index (Phi) is 4.20. The lowest BCUT2D eigenvalue weighted by Crippen LogP contribution is -2.61. The second kappa shape index (κ2) is 6.20. The van der Waals surface area contributed by atoms with Crippen LogP contribution in [-0.4, -0.2) is 24.5 Å². The fourth-order valence-electron chi connectivity index (χ4n) is 2.77. The quantitative estimate of drug-likeness (QED) is 0.872. The van der Waals surface area contributed by atoms with Crippen molar-refractivity contribution in [1.29, 1.82) is 0 Å². The van der Waals surface area contributed by atoms with Crippen molar-refractivity contribution < 1.29 is 18.7 Å². The Bertz CT molecular complexity index is 835. The molecular weight excluding hydrogens is 323 g/mol. The minimum atomic E-state index is -1.66. The molecule has 0 saturated heterocycles. The molecule has 0 fully saturated rings. The molecule has 0 bridgehead atoms. The summed E-state index contributed by atoms with van der Waals surface area (Å²) in [4.78, 5) is 26.8. The lowest BCUT2D eigenvalue weighted by molar-refractivity contribution is -0.148. The Labute approximate surface area is 145 Å². The van der Waals surface area contributed by atoms with Crippen LogP contribution in [0.5, 0.6) is 5.75 Å². The van der Waals surface area contributed by atoms with E-state index in [-0.39, 0.29) is 12.4 Å². The molecule has 6 heteroatoms. The molecular formula is C19H19FN2O3. The third-order valence-electron chi connectivity index (χ3n) is 4.30. The Morgan fingerprint density at radius 2 is 1.92 bits per heavy atom. The SMILES string of the molecule is Cc1ccc2c(c1)N(C)C(=O)C(C)(C(=O)NCc1ccc(F)cc1)O2. The van der Waals surface area contributed by atoms with Gasteiger partial charge in [-0.1, -0.05) is 18.2 Å². The summed E-state index contributed by atoms with van der Waals surface area (Å²) < 4.78 is 18.7. The number of halogens is 1. The molecule has 0 spiro atoms. The van der Waals surface area contributed by atoms with E-state index in [0.29, 0.717) is 11.4 Å². The molecule has 1 aliphatic heterocycles. The van der Waals surface area contributed by atoms with E-state index in [2.05, 4.69) is 5.32 Å². The van der Waals surface area contributed by atoms with Gasteiger partial charge in [-0.25, -0.2) is 4.39 Å². The molecule has 0 aliphatic carbocycles. The average Bonchev–Trinajstić information content (AvgIpc) is 2.60. The molecule has 130 valence electrons. The highest BCUT2D eigenvalue weighted by Crippen LogP contribution is 2.37. The molecule has 1 aliphatic rings. The lowest BCUT2D eigenvalue weighted by Gasteiger charge is -2.38. The molecule has 2 aromatic rings. The number of aryl methyl sites for hydroxylation is 1. The number of rotatable bonds is 3. The summed E-state index contributed by atoms with van der Waals surface area (Å²) >= 11 is 0. The first-order chi connectivity index (χ1) is 11.8. The molecule has 1 atom stereocenters. The topological polar surface area (TPSA) is 58.6 Å². The van der Waals surface area contributed by atoms with Crippen LogP contribution < -0.4 is 15.0 Å². The Morgan fingerprint density at radius 1 is 1.24 bits per heavy atom. The van der Waals surface area contributed by atoms with Gasteiger partial charge < -0.3 is 15.0 Å². The van der Waals surface area contributed by atoms with Crippen LogP contribution in [0, 0.1) is 12.7 Å². The number of benzene rings is 2. The van der Waals surface area contributed by atoms with Crippen molar-refractivity contribution in [3.8, 4) is 5.75 Å². The van der Waals surface area contributed by atoms with Gasteiger partial charge in [0.25, 0.3) is 17.4 Å². The van der Waals surface area contributed by atoms with Gasteiger partial charge in [-0.05, 0) is 49.2 Å². The van der Waals surface area contributed by atoms with Crippen molar-refractivity contribution in [2.45, 2.75) is 26.0 Å². The van der Waals surface area contributed by atoms with Gasteiger partial charge in [-0.2, -0.15) is 0 Å². The van der Waals surface area contributed by atoms with Crippen molar-refractivity contribution in [1.82, 2.24) is 5.32 Å². The van der Waals surface area contributed by atoms with Crippen LogP contribution in [0.15, 0.2) is 42.5 Å². The zero-order chi connectivity index (χ0) is 18.2. The molecule has 1 unspecified atom stereocenters. The van der Waals surface area contributed by atoms with Crippen LogP contribution in [0.1, 0.15) is 18.1 Å². The summed E-state index contributed by atoms with van der Waals surface area (Å²) in [5.41, 5.74) is 0.697. The molecule has 25 heavy (non-hydrogen) atoms. The third-order valence-corrected chi connectivity index (χ3v) is 4.30. The van der Waals surface area contributed by atoms with Crippen LogP contribution in [0.3, 0.4) is 0 Å². The molecule has 1 N–H and O–H groups in total. The van der Waals surface area contributed by atoms with Gasteiger partial charge >= 0.3 is 0 Å². The highest BCUT2D eigenvalue weighted by atomic mass is 19.1. The van der Waals surface area contributed by atoms with E-state index in [9.17, 15) is 14.0 Å². The fourth-order valence-corrected chi connectivity index (χ4v) is 2.77. The van der Waals surface area contributed by atoms with E-state index in [1.807, 2.05) is 19.1 Å². The standard InChI is InChI=1S/C19H19FN2O3/c1-12-4-9-16-15(10-12)22(3)18(24)19(2,25-16)17(23)21-11-13-5-7-14(20)8-6-13/h4-10H,11H2,1-3H3,(H,21,23). The van der Waals surface area contributed by atoms with Gasteiger partial charge in [0, 0.05) is 13.6 Å². The summed E-state index contributed by atoms with van der Waals surface area (Å²) in [5, 5.41) is 2.69. The van der Waals surface area contributed by atoms with E-state index in [4.69, 9.17) is 4.74 Å². The van der Waals surface area contributed by atoms with Crippen LogP contribution in [0.25, 0.3) is 0 Å². The first-order valence-electron chi connectivity index (χ1n) is 7.92. The van der Waals surface area contributed by atoms with Gasteiger partial charge in [-0.3, -0.25) is 9.59 Å². The number of carbonyl (C=O) groups excluding carboxylic acids is 2. The monoisotopic (exact) mass is 342 g/mol. The lowest BCUT2D eigenvalue weighted by atomic mass is 9.99. The summed E-state index contributed by atoms with van der Waals surface area (Å²) in [5.74, 6) is -0.851. The van der Waals surface area contributed by atoms with Crippen LogP contribution >= 0.6 is 0 Å². The zero-order valence-corrected chi connectivity index (χ0v) is 14.3. The van der Waals surface area contributed by atoms with Gasteiger partial charge in [0.1, 0.15) is 11.6 Å². The Hall–Kier alpha value is -2.89. The molecule has 2 amide bonds. The Balaban J connectivity index is 1.80. The van der Waals surface area contributed by atoms with Gasteiger partial charge in [0.05, 0.1) is 5.69 Å². The number of hydrogen-bond acceptors (Lipinski definition) is 3. The second-order valence-electron chi connectivity index (χ2n) is 6.28. The zero-order valence-electron chi connectivity index (χ0n) is 14.3. The van der Waals surface area contributed by atoms with Crippen molar-refractivity contribution in [3.05, 3.63) is 59.4 Å².